The molecule has 0 saturated heterocycles. The number of carbonyl (C=O) groups excluding carboxylic acids is 1. The second-order valence-corrected chi connectivity index (χ2v) is 6.60. The Balaban J connectivity index is 2.65. The van der Waals surface area contributed by atoms with Gasteiger partial charge in [-0.05, 0) is 30.7 Å². The van der Waals surface area contributed by atoms with Crippen LogP contribution in [0, 0.1) is 0 Å². The highest BCUT2D eigenvalue weighted by Gasteiger charge is 2.17. The third-order valence-electron chi connectivity index (χ3n) is 2.42. The van der Waals surface area contributed by atoms with E-state index >= 15 is 0 Å². The number of amides is 1. The first-order valence-electron chi connectivity index (χ1n) is 5.99. The Hall–Kier alpha value is -0.960. The van der Waals surface area contributed by atoms with Crippen molar-refractivity contribution in [2.45, 2.75) is 50.2 Å². The van der Waals surface area contributed by atoms with Crippen LogP contribution >= 0.6 is 11.8 Å². The summed E-state index contributed by atoms with van der Waals surface area (Å²) in [6.45, 7) is 8.26. The van der Waals surface area contributed by atoms with E-state index in [2.05, 4.69) is 38.2 Å². The molecule has 1 aromatic rings. The van der Waals surface area contributed by atoms with Gasteiger partial charge in [0.1, 0.15) is 0 Å². The van der Waals surface area contributed by atoms with Crippen LogP contribution in [-0.4, -0.2) is 10.7 Å². The number of anilines is 1. The molecule has 0 fully saturated rings. The van der Waals surface area contributed by atoms with Gasteiger partial charge in [-0.15, -0.1) is 11.8 Å². The van der Waals surface area contributed by atoms with Gasteiger partial charge in [0.15, 0.2) is 0 Å². The summed E-state index contributed by atoms with van der Waals surface area (Å²) in [6, 6.07) is 8.03. The number of nitrogens with one attached hydrogen (secondary N) is 1. The van der Waals surface area contributed by atoms with Crippen LogP contribution in [0.15, 0.2) is 29.2 Å². The lowest BCUT2D eigenvalue weighted by atomic mass is 10.1. The van der Waals surface area contributed by atoms with E-state index in [1.54, 1.807) is 0 Å². The fourth-order valence-corrected chi connectivity index (χ4v) is 3.00. The van der Waals surface area contributed by atoms with Crippen molar-refractivity contribution in [3.05, 3.63) is 24.3 Å². The molecule has 0 bridgehead atoms. The van der Waals surface area contributed by atoms with E-state index in [1.165, 1.54) is 24.7 Å². The van der Waals surface area contributed by atoms with Gasteiger partial charge in [0.2, 0.25) is 5.91 Å². The van der Waals surface area contributed by atoms with Crippen molar-refractivity contribution in [1.82, 2.24) is 0 Å². The van der Waals surface area contributed by atoms with E-state index in [0.29, 0.717) is 0 Å². The molecule has 17 heavy (non-hydrogen) atoms. The highest BCUT2D eigenvalue weighted by atomic mass is 32.2. The first-order valence-corrected chi connectivity index (χ1v) is 6.81. The molecule has 1 aromatic carbocycles. The average molecular weight is 251 g/mol. The zero-order chi connectivity index (χ0) is 12.9. The van der Waals surface area contributed by atoms with Gasteiger partial charge in [-0.3, -0.25) is 4.79 Å². The Morgan fingerprint density at radius 2 is 1.88 bits per heavy atom. The lowest BCUT2D eigenvalue weighted by molar-refractivity contribution is -0.114. The standard InChI is InChI=1S/C14H21NOS/c1-5-10-14(3,4)17-13-8-6-12(7-9-13)15-11(2)16/h6-9H,5,10H2,1-4H3,(H,15,16). The van der Waals surface area contributed by atoms with Crippen LogP contribution < -0.4 is 5.32 Å². The summed E-state index contributed by atoms with van der Waals surface area (Å²) in [5, 5.41) is 2.77. The van der Waals surface area contributed by atoms with Gasteiger partial charge in [0.05, 0.1) is 0 Å². The molecule has 0 spiro atoms. The Bertz CT molecular complexity index is 370. The summed E-state index contributed by atoms with van der Waals surface area (Å²) in [6.07, 6.45) is 2.40. The van der Waals surface area contributed by atoms with Crippen molar-refractivity contribution in [3.63, 3.8) is 0 Å². The Morgan fingerprint density at radius 1 is 1.29 bits per heavy atom. The average Bonchev–Trinajstić information content (AvgIpc) is 2.19. The van der Waals surface area contributed by atoms with Crippen LogP contribution in [0.1, 0.15) is 40.5 Å². The molecular formula is C14H21NOS. The van der Waals surface area contributed by atoms with Crippen LogP contribution in [0.4, 0.5) is 5.69 Å². The lowest BCUT2D eigenvalue weighted by Crippen LogP contribution is -2.13. The Morgan fingerprint density at radius 3 is 2.35 bits per heavy atom. The quantitative estimate of drug-likeness (QED) is 0.790. The minimum Gasteiger partial charge on any atom is -0.326 e. The monoisotopic (exact) mass is 251 g/mol. The number of rotatable bonds is 5. The first kappa shape index (κ1) is 14.1. The van der Waals surface area contributed by atoms with Gasteiger partial charge >= 0.3 is 0 Å². The van der Waals surface area contributed by atoms with Crippen LogP contribution in [0.5, 0.6) is 0 Å². The number of carbonyl (C=O) groups is 1. The smallest absolute Gasteiger partial charge is 0.221 e. The molecule has 0 radical (unpaired) electrons. The number of hydrogen-bond acceptors (Lipinski definition) is 2. The Kier molecular flexibility index (Phi) is 5.06. The molecule has 0 saturated carbocycles. The lowest BCUT2D eigenvalue weighted by Gasteiger charge is -2.23. The summed E-state index contributed by atoms with van der Waals surface area (Å²) < 4.78 is 0.268. The highest BCUT2D eigenvalue weighted by Crippen LogP contribution is 2.36. The molecule has 94 valence electrons. The zero-order valence-corrected chi connectivity index (χ0v) is 11.9. The van der Waals surface area contributed by atoms with Gasteiger partial charge in [-0.1, -0.05) is 27.2 Å². The number of benzene rings is 1. The van der Waals surface area contributed by atoms with Crippen molar-refractivity contribution in [3.8, 4) is 0 Å². The van der Waals surface area contributed by atoms with Crippen molar-refractivity contribution < 1.29 is 4.79 Å². The first-order chi connectivity index (χ1) is 7.93. The molecular weight excluding hydrogens is 230 g/mol. The van der Waals surface area contributed by atoms with Gasteiger partial charge in [0, 0.05) is 22.3 Å². The Labute approximate surface area is 108 Å². The van der Waals surface area contributed by atoms with Crippen molar-refractivity contribution in [1.29, 1.82) is 0 Å². The predicted octanol–water partition coefficient (Wildman–Crippen LogP) is 4.32. The van der Waals surface area contributed by atoms with Crippen LogP contribution in [0.2, 0.25) is 0 Å². The molecule has 0 aliphatic rings. The summed E-state index contributed by atoms with van der Waals surface area (Å²) in [4.78, 5) is 12.1. The van der Waals surface area contributed by atoms with Crippen molar-refractivity contribution >= 4 is 23.4 Å². The zero-order valence-electron chi connectivity index (χ0n) is 11.0. The van der Waals surface area contributed by atoms with Gasteiger partial charge in [-0.2, -0.15) is 0 Å². The molecule has 0 atom stereocenters. The molecule has 0 heterocycles. The second kappa shape index (κ2) is 6.10. The highest BCUT2D eigenvalue weighted by molar-refractivity contribution is 8.00. The van der Waals surface area contributed by atoms with E-state index < -0.39 is 0 Å². The molecule has 0 unspecified atom stereocenters. The molecule has 0 aliphatic heterocycles. The largest absolute Gasteiger partial charge is 0.326 e. The van der Waals surface area contributed by atoms with E-state index in [4.69, 9.17) is 0 Å². The number of thioether (sulfide) groups is 1. The van der Waals surface area contributed by atoms with Crippen LogP contribution in [-0.2, 0) is 4.79 Å². The van der Waals surface area contributed by atoms with E-state index in [9.17, 15) is 4.79 Å². The summed E-state index contributed by atoms with van der Waals surface area (Å²) in [5.41, 5.74) is 0.857. The third kappa shape index (κ3) is 5.26. The molecule has 0 aliphatic carbocycles. The number of hydrogen-bond donors (Lipinski definition) is 1. The van der Waals surface area contributed by atoms with Crippen molar-refractivity contribution in [2.24, 2.45) is 0 Å². The van der Waals surface area contributed by atoms with E-state index in [-0.39, 0.29) is 10.7 Å². The minimum absolute atomic E-state index is 0.0308. The summed E-state index contributed by atoms with van der Waals surface area (Å²) in [7, 11) is 0. The maximum atomic E-state index is 10.9. The maximum Gasteiger partial charge on any atom is 0.221 e. The fourth-order valence-electron chi connectivity index (χ4n) is 1.78. The van der Waals surface area contributed by atoms with Crippen LogP contribution in [0.25, 0.3) is 0 Å². The third-order valence-corrected chi connectivity index (χ3v) is 3.69. The predicted molar refractivity (Wildman–Crippen MR) is 75.6 cm³/mol. The molecule has 2 nitrogen and oxygen atoms in total. The van der Waals surface area contributed by atoms with Crippen LogP contribution in [0.3, 0.4) is 0 Å². The molecule has 0 aromatic heterocycles. The SMILES string of the molecule is CCCC(C)(C)Sc1ccc(NC(C)=O)cc1. The molecule has 1 N–H and O–H groups in total. The van der Waals surface area contributed by atoms with Gasteiger partial charge in [0.25, 0.3) is 0 Å². The van der Waals surface area contributed by atoms with Gasteiger partial charge in [-0.25, -0.2) is 0 Å². The van der Waals surface area contributed by atoms with Gasteiger partial charge < -0.3 is 5.32 Å². The molecule has 1 rings (SSSR count). The normalized spacial score (nSPS) is 11.3. The molecule has 3 heteroatoms. The van der Waals surface area contributed by atoms with Crippen molar-refractivity contribution in [2.75, 3.05) is 5.32 Å². The van der Waals surface area contributed by atoms with E-state index in [0.717, 1.165) is 5.69 Å². The topological polar surface area (TPSA) is 29.1 Å². The minimum atomic E-state index is -0.0308. The summed E-state index contributed by atoms with van der Waals surface area (Å²) in [5.74, 6) is -0.0308. The summed E-state index contributed by atoms with van der Waals surface area (Å²) >= 11 is 1.89. The second-order valence-electron chi connectivity index (χ2n) is 4.82. The fraction of sp³-hybridized carbons (Fsp3) is 0.500. The van der Waals surface area contributed by atoms with E-state index in [1.807, 2.05) is 23.9 Å². The maximum absolute atomic E-state index is 10.9. The molecule has 1 amide bonds.